The second-order valence-electron chi connectivity index (χ2n) is 9.72. The van der Waals surface area contributed by atoms with E-state index in [9.17, 15) is 23.2 Å². The number of hydrazone groups is 1. The number of ether oxygens (including phenoxy) is 1. The number of piperazine rings is 1. The van der Waals surface area contributed by atoms with Crippen molar-refractivity contribution in [3.8, 4) is 6.07 Å². The Kier molecular flexibility index (Phi) is 9.55. The number of rotatable bonds is 6. The summed E-state index contributed by atoms with van der Waals surface area (Å²) in [6.45, 7) is 7.58. The second-order valence-corrected chi connectivity index (χ2v) is 10.9. The third-order valence-electron chi connectivity index (χ3n) is 5.80. The molecule has 3 rings (SSSR count). The normalized spacial score (nSPS) is 16.4. The fourth-order valence-electron chi connectivity index (χ4n) is 3.97. The van der Waals surface area contributed by atoms with Crippen LogP contribution >= 0.6 is 23.4 Å². The van der Waals surface area contributed by atoms with Crippen LogP contribution in [0.25, 0.3) is 0 Å². The van der Waals surface area contributed by atoms with Crippen molar-refractivity contribution in [2.45, 2.75) is 57.1 Å². The van der Waals surface area contributed by atoms with Crippen LogP contribution in [-0.4, -0.2) is 64.7 Å². The maximum Gasteiger partial charge on any atom is 0.416 e. The van der Waals surface area contributed by atoms with E-state index in [1.807, 2.05) is 4.90 Å². The summed E-state index contributed by atoms with van der Waals surface area (Å²) in [5, 5.41) is 14.0. The smallest absolute Gasteiger partial charge is 0.416 e. The first kappa shape index (κ1) is 30.3. The number of thioether (sulfide) groups is 1. The van der Waals surface area contributed by atoms with Gasteiger partial charge in [-0.2, -0.15) is 23.5 Å². The highest BCUT2D eigenvalue weighted by Gasteiger charge is 2.35. The maximum atomic E-state index is 13.3. The lowest BCUT2D eigenvalue weighted by Crippen LogP contribution is -2.56. The number of hydrogen-bond donors (Lipinski definition) is 1. The predicted molar refractivity (Wildman–Crippen MR) is 145 cm³/mol. The number of carbonyl (C=O) groups is 1. The van der Waals surface area contributed by atoms with Crippen LogP contribution in [0.15, 0.2) is 28.5 Å². The number of anilines is 2. The summed E-state index contributed by atoms with van der Waals surface area (Å²) >= 11 is 7.77. The van der Waals surface area contributed by atoms with Gasteiger partial charge in [-0.25, -0.2) is 14.8 Å². The number of halogens is 4. The van der Waals surface area contributed by atoms with Crippen LogP contribution in [0.4, 0.5) is 29.5 Å². The van der Waals surface area contributed by atoms with Crippen molar-refractivity contribution < 1.29 is 22.7 Å². The number of aromatic nitrogens is 2. The van der Waals surface area contributed by atoms with E-state index in [0.29, 0.717) is 23.1 Å². The fraction of sp³-hybridized carbons (Fsp3) is 0.480. The Balaban J connectivity index is 1.90. The number of nitrogens with one attached hydrogen (secondary N) is 1. The molecule has 1 aromatic heterocycles. The van der Waals surface area contributed by atoms with E-state index in [4.69, 9.17) is 16.3 Å². The molecular weight excluding hydrogens is 555 g/mol. The van der Waals surface area contributed by atoms with Crippen molar-refractivity contribution in [3.05, 3.63) is 40.0 Å². The summed E-state index contributed by atoms with van der Waals surface area (Å²) < 4.78 is 45.4. The van der Waals surface area contributed by atoms with Crippen molar-refractivity contribution in [2.75, 3.05) is 36.2 Å². The summed E-state index contributed by atoms with van der Waals surface area (Å²) in [5.74, 6) is 0.428. The number of benzene rings is 1. The average Bonchev–Trinajstić information content (AvgIpc) is 2.84. The van der Waals surface area contributed by atoms with Crippen molar-refractivity contribution in [2.24, 2.45) is 5.10 Å². The minimum atomic E-state index is -4.50. The first-order valence-electron chi connectivity index (χ1n) is 11.9. The van der Waals surface area contributed by atoms with Gasteiger partial charge in [0.25, 0.3) is 0 Å². The van der Waals surface area contributed by atoms with E-state index < -0.39 is 29.5 Å². The highest BCUT2D eigenvalue weighted by atomic mass is 35.5. The molecule has 0 saturated carbocycles. The number of nitriles is 1. The Hall–Kier alpha value is -3.24. The predicted octanol–water partition coefficient (Wildman–Crippen LogP) is 5.96. The third kappa shape index (κ3) is 7.67. The lowest BCUT2D eigenvalue weighted by molar-refractivity contribution is -0.138. The Morgan fingerprint density at radius 2 is 2.05 bits per heavy atom. The van der Waals surface area contributed by atoms with Crippen LogP contribution in [0.1, 0.15) is 43.9 Å². The van der Waals surface area contributed by atoms with Crippen molar-refractivity contribution in [1.29, 1.82) is 5.26 Å². The van der Waals surface area contributed by atoms with Crippen LogP contribution < -0.4 is 10.3 Å². The second kappa shape index (κ2) is 12.3. The molecule has 39 heavy (non-hydrogen) atoms. The van der Waals surface area contributed by atoms with Gasteiger partial charge in [-0.05, 0) is 51.6 Å². The maximum absolute atomic E-state index is 13.3. The molecule has 9 nitrogen and oxygen atoms in total. The molecule has 1 aliphatic rings. The lowest BCUT2D eigenvalue weighted by Gasteiger charge is -2.41. The molecule has 1 fully saturated rings. The SMILES string of the molecule is CSc1nc(Cl)c(/C=N/Nc2cccc(C(F)(F)F)c2C)c(N2CCN(C(=O)OC(C)(C)C)C(CC#N)C2)n1. The summed E-state index contributed by atoms with van der Waals surface area (Å²) in [6.07, 6.45) is -1.79. The standard InChI is InChI=1S/C25H29ClF3N7O2S/c1-15-18(25(27,28)29)7-6-8-19(15)34-31-13-17-20(26)32-22(39-5)33-21(17)35-11-12-36(16(14-35)9-10-30)23(37)38-24(2,3)4/h6-8,13,16,34H,9,11-12,14H2,1-5H3/b31-13+. The number of carbonyl (C=O) groups excluding carboxylic acids is 1. The quantitative estimate of drug-likeness (QED) is 0.146. The van der Waals surface area contributed by atoms with Gasteiger partial charge in [0.05, 0.1) is 41.6 Å². The van der Waals surface area contributed by atoms with Gasteiger partial charge in [-0.15, -0.1) is 0 Å². The highest BCUT2D eigenvalue weighted by Crippen LogP contribution is 2.35. The monoisotopic (exact) mass is 583 g/mol. The van der Waals surface area contributed by atoms with Gasteiger partial charge in [-0.3, -0.25) is 5.43 Å². The lowest BCUT2D eigenvalue weighted by atomic mass is 10.1. The number of amides is 1. The van der Waals surface area contributed by atoms with Gasteiger partial charge >= 0.3 is 12.3 Å². The van der Waals surface area contributed by atoms with Crippen LogP contribution in [0.3, 0.4) is 0 Å². The largest absolute Gasteiger partial charge is 0.444 e. The zero-order chi connectivity index (χ0) is 29.0. The van der Waals surface area contributed by atoms with Gasteiger partial charge < -0.3 is 14.5 Å². The van der Waals surface area contributed by atoms with Gasteiger partial charge in [0.15, 0.2) is 5.16 Å². The van der Waals surface area contributed by atoms with Gasteiger partial charge in [0, 0.05) is 19.6 Å². The molecule has 0 radical (unpaired) electrons. The third-order valence-corrected chi connectivity index (χ3v) is 6.63. The molecule has 14 heteroatoms. The molecule has 210 valence electrons. The summed E-state index contributed by atoms with van der Waals surface area (Å²) in [6, 6.07) is 5.43. The highest BCUT2D eigenvalue weighted by molar-refractivity contribution is 7.98. The first-order valence-corrected chi connectivity index (χ1v) is 13.5. The zero-order valence-corrected chi connectivity index (χ0v) is 23.7. The van der Waals surface area contributed by atoms with Gasteiger partial charge in [-0.1, -0.05) is 29.4 Å². The summed E-state index contributed by atoms with van der Waals surface area (Å²) in [7, 11) is 0. The Labute approximate surface area is 234 Å². The zero-order valence-electron chi connectivity index (χ0n) is 22.1. The number of hydrogen-bond acceptors (Lipinski definition) is 9. The molecule has 0 bridgehead atoms. The molecule has 2 heterocycles. The summed E-state index contributed by atoms with van der Waals surface area (Å²) in [5.41, 5.74) is 1.72. The minimum absolute atomic E-state index is 0.0000569. The van der Waals surface area contributed by atoms with E-state index in [1.54, 1.807) is 27.0 Å². The number of nitrogens with zero attached hydrogens (tertiary/aromatic N) is 6. The molecule has 1 unspecified atom stereocenters. The summed E-state index contributed by atoms with van der Waals surface area (Å²) in [4.78, 5) is 25.1. The van der Waals surface area contributed by atoms with Crippen LogP contribution in [0.5, 0.6) is 0 Å². The van der Waals surface area contributed by atoms with Crippen molar-refractivity contribution in [3.63, 3.8) is 0 Å². The molecule has 1 aliphatic heterocycles. The van der Waals surface area contributed by atoms with Crippen LogP contribution in [-0.2, 0) is 10.9 Å². The molecule has 1 saturated heterocycles. The molecular formula is C25H29ClF3N7O2S. The van der Waals surface area contributed by atoms with Crippen molar-refractivity contribution in [1.82, 2.24) is 14.9 Å². The molecule has 1 atom stereocenters. The van der Waals surface area contributed by atoms with Gasteiger partial charge in [0.2, 0.25) is 0 Å². The molecule has 1 aromatic carbocycles. The molecule has 0 aliphatic carbocycles. The van der Waals surface area contributed by atoms with E-state index in [2.05, 4.69) is 26.6 Å². The van der Waals surface area contributed by atoms with Crippen LogP contribution in [0, 0.1) is 18.3 Å². The average molecular weight is 584 g/mol. The van der Waals surface area contributed by atoms with Crippen LogP contribution in [0.2, 0.25) is 5.15 Å². The van der Waals surface area contributed by atoms with Crippen molar-refractivity contribution >= 4 is 47.2 Å². The Bertz CT molecular complexity index is 1280. The molecule has 0 spiro atoms. The molecule has 1 amide bonds. The first-order chi connectivity index (χ1) is 18.2. The van der Waals surface area contributed by atoms with E-state index >= 15 is 0 Å². The fourth-order valence-corrected chi connectivity index (χ4v) is 4.60. The minimum Gasteiger partial charge on any atom is -0.444 e. The van der Waals surface area contributed by atoms with E-state index in [0.717, 1.165) is 6.07 Å². The Morgan fingerprint density at radius 1 is 1.33 bits per heavy atom. The van der Waals surface area contributed by atoms with E-state index in [1.165, 1.54) is 41.9 Å². The Morgan fingerprint density at radius 3 is 2.67 bits per heavy atom. The number of alkyl halides is 3. The molecule has 2 aromatic rings. The van der Waals surface area contributed by atoms with Gasteiger partial charge in [0.1, 0.15) is 16.6 Å². The molecule has 1 N–H and O–H groups in total. The topological polar surface area (TPSA) is 107 Å². The van der Waals surface area contributed by atoms with E-state index in [-0.39, 0.29) is 35.9 Å².